The molecule has 3 nitrogen and oxygen atoms in total. The fraction of sp³-hybridized carbons (Fsp3) is 0.200. The van der Waals surface area contributed by atoms with Gasteiger partial charge in [-0.05, 0) is 42.7 Å². The molecule has 19 heavy (non-hydrogen) atoms. The molecule has 4 heteroatoms. The zero-order valence-electron chi connectivity index (χ0n) is 10.7. The number of nitrogens with one attached hydrogen (secondary N) is 1. The van der Waals surface area contributed by atoms with Gasteiger partial charge in [-0.2, -0.15) is 0 Å². The number of rotatable bonds is 4. The Balaban J connectivity index is 1.84. The first-order valence-electron chi connectivity index (χ1n) is 6.10. The van der Waals surface area contributed by atoms with Crippen LogP contribution in [0.1, 0.15) is 17.5 Å². The molecule has 0 saturated carbocycles. The molecular formula is C15H15ClN2O. The number of carbonyl (C=O) groups excluding carboxylic acids is 1. The first-order chi connectivity index (χ1) is 9.13. The van der Waals surface area contributed by atoms with Crippen LogP contribution in [0.15, 0.2) is 42.6 Å². The van der Waals surface area contributed by atoms with E-state index in [0.29, 0.717) is 23.7 Å². The minimum absolute atomic E-state index is 0.0358. The average molecular weight is 275 g/mol. The number of aryl methyl sites for hydroxylation is 2. The molecule has 2 aromatic rings. The second kappa shape index (κ2) is 6.34. The van der Waals surface area contributed by atoms with Gasteiger partial charge in [0.25, 0.3) is 0 Å². The second-order valence-electron chi connectivity index (χ2n) is 4.40. The molecule has 0 bridgehead atoms. The number of nitrogens with zero attached hydrogens (tertiary/aromatic N) is 1. The maximum Gasteiger partial charge on any atom is 0.225 e. The third-order valence-corrected chi connectivity index (χ3v) is 2.98. The topological polar surface area (TPSA) is 42.0 Å². The lowest BCUT2D eigenvalue weighted by atomic mass is 10.1. The van der Waals surface area contributed by atoms with E-state index in [-0.39, 0.29) is 5.91 Å². The Hall–Kier alpha value is -1.87. The van der Waals surface area contributed by atoms with Crippen LogP contribution in [-0.2, 0) is 11.2 Å². The molecule has 0 unspecified atom stereocenters. The van der Waals surface area contributed by atoms with E-state index in [2.05, 4.69) is 10.3 Å². The highest BCUT2D eigenvalue weighted by atomic mass is 35.5. The molecule has 1 aromatic carbocycles. The van der Waals surface area contributed by atoms with E-state index in [9.17, 15) is 4.79 Å². The highest BCUT2D eigenvalue weighted by Gasteiger charge is 2.04. The van der Waals surface area contributed by atoms with Crippen LogP contribution < -0.4 is 5.32 Å². The van der Waals surface area contributed by atoms with E-state index in [0.717, 1.165) is 11.1 Å². The summed E-state index contributed by atoms with van der Waals surface area (Å²) < 4.78 is 0. The Kier molecular flexibility index (Phi) is 4.53. The number of amides is 1. The van der Waals surface area contributed by atoms with E-state index in [4.69, 9.17) is 11.6 Å². The molecule has 0 aliphatic carbocycles. The van der Waals surface area contributed by atoms with Crippen molar-refractivity contribution in [2.45, 2.75) is 19.8 Å². The van der Waals surface area contributed by atoms with Crippen molar-refractivity contribution in [3.63, 3.8) is 0 Å². The van der Waals surface area contributed by atoms with Crippen LogP contribution in [0.3, 0.4) is 0 Å². The monoisotopic (exact) mass is 274 g/mol. The molecule has 1 aromatic heterocycles. The SMILES string of the molecule is Cc1ccc(NC(=O)CCc2ccc(Cl)cc2)nc1. The summed E-state index contributed by atoms with van der Waals surface area (Å²) >= 11 is 5.81. The largest absolute Gasteiger partial charge is 0.311 e. The molecule has 2 rings (SSSR count). The Morgan fingerprint density at radius 1 is 1.21 bits per heavy atom. The fourth-order valence-corrected chi connectivity index (χ4v) is 1.78. The van der Waals surface area contributed by atoms with Crippen LogP contribution >= 0.6 is 11.6 Å². The molecular weight excluding hydrogens is 260 g/mol. The lowest BCUT2D eigenvalue weighted by molar-refractivity contribution is -0.116. The van der Waals surface area contributed by atoms with Crippen molar-refractivity contribution >= 4 is 23.3 Å². The minimum atomic E-state index is -0.0358. The van der Waals surface area contributed by atoms with Gasteiger partial charge in [0.05, 0.1) is 0 Å². The Bertz CT molecular complexity index is 549. The van der Waals surface area contributed by atoms with Gasteiger partial charge in [-0.1, -0.05) is 29.8 Å². The number of aromatic nitrogens is 1. The highest BCUT2D eigenvalue weighted by Crippen LogP contribution is 2.11. The number of hydrogen-bond acceptors (Lipinski definition) is 2. The maximum absolute atomic E-state index is 11.8. The van der Waals surface area contributed by atoms with Crippen molar-refractivity contribution < 1.29 is 4.79 Å². The van der Waals surface area contributed by atoms with Crippen LogP contribution in [0.4, 0.5) is 5.82 Å². The average Bonchev–Trinajstić information content (AvgIpc) is 2.41. The van der Waals surface area contributed by atoms with Gasteiger partial charge in [-0.25, -0.2) is 4.98 Å². The van der Waals surface area contributed by atoms with Crippen molar-refractivity contribution in [3.05, 3.63) is 58.7 Å². The van der Waals surface area contributed by atoms with Gasteiger partial charge < -0.3 is 5.32 Å². The van der Waals surface area contributed by atoms with Crippen molar-refractivity contribution in [2.24, 2.45) is 0 Å². The van der Waals surface area contributed by atoms with E-state index >= 15 is 0 Å². The predicted molar refractivity (Wildman–Crippen MR) is 77.4 cm³/mol. The predicted octanol–water partition coefficient (Wildman–Crippen LogP) is 3.61. The van der Waals surface area contributed by atoms with Gasteiger partial charge in [0, 0.05) is 17.6 Å². The van der Waals surface area contributed by atoms with Gasteiger partial charge in [0.1, 0.15) is 5.82 Å². The number of pyridine rings is 1. The Morgan fingerprint density at radius 3 is 2.58 bits per heavy atom. The van der Waals surface area contributed by atoms with Gasteiger partial charge in [0.15, 0.2) is 0 Å². The van der Waals surface area contributed by atoms with Gasteiger partial charge in [0.2, 0.25) is 5.91 Å². The Labute approximate surface area is 117 Å². The molecule has 0 aliphatic heterocycles. The van der Waals surface area contributed by atoms with Crippen molar-refractivity contribution in [3.8, 4) is 0 Å². The molecule has 0 spiro atoms. The summed E-state index contributed by atoms with van der Waals surface area (Å²) in [7, 11) is 0. The summed E-state index contributed by atoms with van der Waals surface area (Å²) in [5.74, 6) is 0.554. The van der Waals surface area contributed by atoms with E-state index in [1.807, 2.05) is 37.3 Å². The fourth-order valence-electron chi connectivity index (χ4n) is 1.66. The molecule has 0 aliphatic rings. The summed E-state index contributed by atoms with van der Waals surface area (Å²) in [5.41, 5.74) is 2.16. The van der Waals surface area contributed by atoms with Crippen molar-refractivity contribution in [1.82, 2.24) is 4.98 Å². The van der Waals surface area contributed by atoms with Crippen molar-refractivity contribution in [2.75, 3.05) is 5.32 Å². The molecule has 0 radical (unpaired) electrons. The standard InChI is InChI=1S/C15H15ClN2O/c1-11-2-8-14(17-10-11)18-15(19)9-5-12-3-6-13(16)7-4-12/h2-4,6-8,10H,5,9H2,1H3,(H,17,18,19). The third-order valence-electron chi connectivity index (χ3n) is 2.73. The number of benzene rings is 1. The van der Waals surface area contributed by atoms with Crippen molar-refractivity contribution in [1.29, 1.82) is 0 Å². The van der Waals surface area contributed by atoms with E-state index in [1.165, 1.54) is 0 Å². The number of carbonyl (C=O) groups is 1. The molecule has 1 heterocycles. The summed E-state index contributed by atoms with van der Waals surface area (Å²) in [5, 5.41) is 3.48. The lowest BCUT2D eigenvalue weighted by Crippen LogP contribution is -2.13. The molecule has 1 N–H and O–H groups in total. The molecule has 1 amide bonds. The van der Waals surface area contributed by atoms with Gasteiger partial charge in [-0.15, -0.1) is 0 Å². The van der Waals surface area contributed by atoms with Crippen LogP contribution in [0.5, 0.6) is 0 Å². The van der Waals surface area contributed by atoms with E-state index in [1.54, 1.807) is 12.3 Å². The summed E-state index contributed by atoms with van der Waals surface area (Å²) in [6, 6.07) is 11.2. The summed E-state index contributed by atoms with van der Waals surface area (Å²) in [6.45, 7) is 1.96. The second-order valence-corrected chi connectivity index (χ2v) is 4.83. The molecule has 98 valence electrons. The summed E-state index contributed by atoms with van der Waals surface area (Å²) in [6.07, 6.45) is 2.85. The maximum atomic E-state index is 11.8. The zero-order valence-corrected chi connectivity index (χ0v) is 11.4. The zero-order chi connectivity index (χ0) is 13.7. The molecule has 0 atom stereocenters. The first kappa shape index (κ1) is 13.6. The summed E-state index contributed by atoms with van der Waals surface area (Å²) in [4.78, 5) is 15.9. The Morgan fingerprint density at radius 2 is 1.95 bits per heavy atom. The van der Waals surface area contributed by atoms with Crippen LogP contribution in [0.2, 0.25) is 5.02 Å². The van der Waals surface area contributed by atoms with Crippen LogP contribution in [-0.4, -0.2) is 10.9 Å². The number of halogens is 1. The van der Waals surface area contributed by atoms with Crippen LogP contribution in [0.25, 0.3) is 0 Å². The van der Waals surface area contributed by atoms with Crippen LogP contribution in [0, 0.1) is 6.92 Å². The minimum Gasteiger partial charge on any atom is -0.311 e. The first-order valence-corrected chi connectivity index (χ1v) is 6.48. The normalized spacial score (nSPS) is 10.2. The smallest absolute Gasteiger partial charge is 0.225 e. The lowest BCUT2D eigenvalue weighted by Gasteiger charge is -2.05. The highest BCUT2D eigenvalue weighted by molar-refractivity contribution is 6.30. The van der Waals surface area contributed by atoms with Gasteiger partial charge >= 0.3 is 0 Å². The van der Waals surface area contributed by atoms with E-state index < -0.39 is 0 Å². The molecule has 0 saturated heterocycles. The third kappa shape index (κ3) is 4.38. The quantitative estimate of drug-likeness (QED) is 0.925. The number of anilines is 1. The van der Waals surface area contributed by atoms with Gasteiger partial charge in [-0.3, -0.25) is 4.79 Å². The number of hydrogen-bond donors (Lipinski definition) is 1. The molecule has 0 fully saturated rings.